The predicted molar refractivity (Wildman–Crippen MR) is 146 cm³/mol. The molecule has 12 heteroatoms. The highest BCUT2D eigenvalue weighted by Crippen LogP contribution is 2.52. The first-order valence-electron chi connectivity index (χ1n) is 14.7. The number of carbonyl (C=O) groups is 2. The summed E-state index contributed by atoms with van der Waals surface area (Å²) in [7, 11) is 1.69. The van der Waals surface area contributed by atoms with Gasteiger partial charge in [0.25, 0.3) is 0 Å². The molecule has 0 spiro atoms. The van der Waals surface area contributed by atoms with Crippen LogP contribution in [0.15, 0.2) is 0 Å². The van der Waals surface area contributed by atoms with E-state index in [2.05, 4.69) is 15.6 Å². The first kappa shape index (κ1) is 32.4. The van der Waals surface area contributed by atoms with Crippen LogP contribution in [-0.2, 0) is 52.6 Å². The summed E-state index contributed by atoms with van der Waals surface area (Å²) in [6.07, 6.45) is 4.08. The van der Waals surface area contributed by atoms with E-state index in [-0.39, 0.29) is 11.7 Å². The fourth-order valence-corrected chi connectivity index (χ4v) is 5.10. The number of carbonyl (C=O) groups excluding carboxylic acids is 2. The molecule has 2 aliphatic rings. The van der Waals surface area contributed by atoms with Crippen LogP contribution in [0.25, 0.3) is 0 Å². The Morgan fingerprint density at radius 2 is 1.52 bits per heavy atom. The molecule has 0 aliphatic heterocycles. The molecule has 3 atom stereocenters. The molecule has 0 saturated heterocycles. The molecule has 40 heavy (non-hydrogen) atoms. The van der Waals surface area contributed by atoms with Crippen molar-refractivity contribution < 1.29 is 38.0 Å². The number of nitrogens with zero attached hydrogens (tertiary/aromatic N) is 3. The molecular formula is C28H48N4O8. The molecule has 1 aromatic heterocycles. The lowest BCUT2D eigenvalue weighted by molar-refractivity contribution is -0.123. The fraction of sp³-hybridized carbons (Fsp3) is 0.857. The number of hydrogen-bond acceptors (Lipinski definition) is 10. The molecule has 1 aromatic rings. The van der Waals surface area contributed by atoms with Gasteiger partial charge in [-0.05, 0) is 43.4 Å². The zero-order valence-electron chi connectivity index (χ0n) is 24.4. The Morgan fingerprint density at radius 3 is 2.17 bits per heavy atom. The van der Waals surface area contributed by atoms with Crippen LogP contribution >= 0.6 is 0 Å². The Morgan fingerprint density at radius 1 is 0.900 bits per heavy atom. The third kappa shape index (κ3) is 11.4. The molecular weight excluding hydrogens is 520 g/mol. The van der Waals surface area contributed by atoms with Crippen LogP contribution in [0.2, 0.25) is 0 Å². The summed E-state index contributed by atoms with van der Waals surface area (Å²) in [6, 6.07) is 0. The molecule has 228 valence electrons. The van der Waals surface area contributed by atoms with Gasteiger partial charge in [-0.3, -0.25) is 4.79 Å². The summed E-state index contributed by atoms with van der Waals surface area (Å²) in [5.41, 5.74) is 2.33. The molecule has 1 amide bonds. The van der Waals surface area contributed by atoms with Crippen molar-refractivity contribution in [3.63, 3.8) is 0 Å². The molecule has 3 rings (SSSR count). The molecule has 1 saturated carbocycles. The van der Waals surface area contributed by atoms with E-state index in [0.29, 0.717) is 96.8 Å². The maximum absolute atomic E-state index is 12.1. The fourth-order valence-electron chi connectivity index (χ4n) is 5.10. The predicted octanol–water partition coefficient (Wildman–Crippen LogP) is 2.07. The van der Waals surface area contributed by atoms with Crippen LogP contribution in [0.1, 0.15) is 44.5 Å². The molecule has 12 nitrogen and oxygen atoms in total. The number of methoxy groups -OCH3 is 1. The minimum absolute atomic E-state index is 0.0544. The van der Waals surface area contributed by atoms with Crippen molar-refractivity contribution in [2.45, 2.75) is 52.5 Å². The van der Waals surface area contributed by atoms with E-state index in [1.165, 1.54) is 5.69 Å². The molecule has 1 fully saturated rings. The van der Waals surface area contributed by atoms with Gasteiger partial charge in [-0.15, -0.1) is 5.10 Å². The molecule has 3 unspecified atom stereocenters. The second-order valence-corrected chi connectivity index (χ2v) is 10.6. The Labute approximate surface area is 237 Å². The van der Waals surface area contributed by atoms with Crippen LogP contribution in [0, 0.1) is 23.7 Å². The van der Waals surface area contributed by atoms with Crippen molar-refractivity contribution in [1.82, 2.24) is 20.3 Å². The monoisotopic (exact) mass is 568 g/mol. The molecule has 0 radical (unpaired) electrons. The van der Waals surface area contributed by atoms with E-state index in [1.54, 1.807) is 7.11 Å². The third-order valence-electron chi connectivity index (χ3n) is 7.54. The maximum atomic E-state index is 12.1. The van der Waals surface area contributed by atoms with Crippen molar-refractivity contribution >= 4 is 11.9 Å². The lowest BCUT2D eigenvalue weighted by Crippen LogP contribution is -2.29. The quantitative estimate of drug-likeness (QED) is 0.220. The number of nitrogens with one attached hydrogen (secondary N) is 1. The van der Waals surface area contributed by atoms with Crippen LogP contribution in [0.3, 0.4) is 0 Å². The number of fused-ring (bicyclic) bond motifs is 2. The highest BCUT2D eigenvalue weighted by molar-refractivity contribution is 5.80. The number of ketones is 1. The highest BCUT2D eigenvalue weighted by atomic mass is 16.6. The molecule has 0 aromatic carbocycles. The lowest BCUT2D eigenvalue weighted by atomic mass is 10.0. The lowest BCUT2D eigenvalue weighted by Gasteiger charge is -2.10. The van der Waals surface area contributed by atoms with Crippen molar-refractivity contribution in [3.05, 3.63) is 11.4 Å². The van der Waals surface area contributed by atoms with E-state index < -0.39 is 6.09 Å². The van der Waals surface area contributed by atoms with Gasteiger partial charge in [0.1, 0.15) is 5.78 Å². The largest absolute Gasteiger partial charge is 0.449 e. The normalized spacial score (nSPS) is 19.9. The number of Topliss-reactive ketones (excluding diaryl/α,β-unsaturated/α-hetero) is 1. The summed E-state index contributed by atoms with van der Waals surface area (Å²) in [6.45, 7) is 9.59. The smallest absolute Gasteiger partial charge is 0.407 e. The summed E-state index contributed by atoms with van der Waals surface area (Å²) >= 11 is 0. The third-order valence-corrected chi connectivity index (χ3v) is 7.54. The minimum atomic E-state index is -0.396. The van der Waals surface area contributed by atoms with E-state index in [4.69, 9.17) is 28.4 Å². The number of aromatic nitrogens is 3. The Balaban J connectivity index is 1.10. The SMILES string of the molecule is COCCn1nnc2c1CCC1C(CC2)C1COC(=O)NCCOCCOCCOCCOCCC(=O)C(C)C. The summed E-state index contributed by atoms with van der Waals surface area (Å²) in [4.78, 5) is 23.6. The minimum Gasteiger partial charge on any atom is -0.449 e. The van der Waals surface area contributed by atoms with Gasteiger partial charge < -0.3 is 33.7 Å². The van der Waals surface area contributed by atoms with Crippen molar-refractivity contribution in [1.29, 1.82) is 0 Å². The zero-order chi connectivity index (χ0) is 28.6. The Hall–Kier alpha value is -2.12. The zero-order valence-corrected chi connectivity index (χ0v) is 24.4. The summed E-state index contributed by atoms with van der Waals surface area (Å²) in [5, 5.41) is 11.4. The second kappa shape index (κ2) is 18.3. The number of ether oxygens (including phenoxy) is 6. The molecule has 0 bridgehead atoms. The number of amides is 1. The van der Waals surface area contributed by atoms with Gasteiger partial charge >= 0.3 is 6.09 Å². The topological polar surface area (TPSA) is 132 Å². The summed E-state index contributed by atoms with van der Waals surface area (Å²) in [5.74, 6) is 1.89. The number of hydrogen-bond donors (Lipinski definition) is 1. The second-order valence-electron chi connectivity index (χ2n) is 10.6. The van der Waals surface area contributed by atoms with Crippen molar-refractivity contribution in [3.8, 4) is 0 Å². The Bertz CT molecular complexity index is 880. The Kier molecular flexibility index (Phi) is 14.9. The molecule has 2 aliphatic carbocycles. The van der Waals surface area contributed by atoms with Crippen LogP contribution in [0.4, 0.5) is 4.79 Å². The number of alkyl carbamates (subject to hydrolysis) is 1. The van der Waals surface area contributed by atoms with Gasteiger partial charge in [-0.1, -0.05) is 19.1 Å². The average Bonchev–Trinajstić information content (AvgIpc) is 3.45. The number of aryl methyl sites for hydroxylation is 1. The molecule has 1 N–H and O–H groups in total. The van der Waals surface area contributed by atoms with Crippen LogP contribution in [0.5, 0.6) is 0 Å². The number of rotatable bonds is 21. The van der Waals surface area contributed by atoms with Crippen LogP contribution < -0.4 is 5.32 Å². The van der Waals surface area contributed by atoms with E-state index in [9.17, 15) is 9.59 Å². The maximum Gasteiger partial charge on any atom is 0.407 e. The van der Waals surface area contributed by atoms with Gasteiger partial charge in [0.2, 0.25) is 0 Å². The van der Waals surface area contributed by atoms with Gasteiger partial charge in [-0.2, -0.15) is 0 Å². The van der Waals surface area contributed by atoms with Crippen LogP contribution in [-0.4, -0.2) is 107 Å². The first-order chi connectivity index (χ1) is 19.5. The van der Waals surface area contributed by atoms with Gasteiger partial charge in [-0.25, -0.2) is 9.48 Å². The van der Waals surface area contributed by atoms with Crippen molar-refractivity contribution in [2.75, 3.05) is 79.7 Å². The first-order valence-corrected chi connectivity index (χ1v) is 14.7. The van der Waals surface area contributed by atoms with Gasteiger partial charge in [0, 0.05) is 26.0 Å². The average molecular weight is 569 g/mol. The van der Waals surface area contributed by atoms with E-state index >= 15 is 0 Å². The van der Waals surface area contributed by atoms with E-state index in [1.807, 2.05) is 18.5 Å². The summed E-state index contributed by atoms with van der Waals surface area (Å²) < 4.78 is 34.4. The van der Waals surface area contributed by atoms with E-state index in [0.717, 1.165) is 37.9 Å². The van der Waals surface area contributed by atoms with Gasteiger partial charge in [0.15, 0.2) is 0 Å². The van der Waals surface area contributed by atoms with Crippen molar-refractivity contribution in [2.24, 2.45) is 23.7 Å². The molecule has 1 heterocycles. The standard InChI is InChI=1S/C28H48N4O8/c1-21(2)27(33)8-11-36-14-16-38-18-19-39-17-15-37-12-9-29-28(34)40-20-24-22-4-6-25-26(7-5-23(22)24)32(31-30-25)10-13-35-3/h21-24H,4-20H2,1-3H3,(H,29,34). The van der Waals surface area contributed by atoms with Gasteiger partial charge in [0.05, 0.1) is 84.0 Å². The highest BCUT2D eigenvalue weighted by Gasteiger charge is 2.50.